The van der Waals surface area contributed by atoms with Gasteiger partial charge in [-0.3, -0.25) is 14.2 Å². The van der Waals surface area contributed by atoms with Gasteiger partial charge in [0.25, 0.3) is 5.56 Å². The largest absolute Gasteiger partial charge is 0.379 e. The maximum absolute atomic E-state index is 13.2. The molecule has 0 aliphatic carbocycles. The average Bonchev–Trinajstić information content (AvgIpc) is 2.80. The quantitative estimate of drug-likeness (QED) is 0.266. The second-order valence-corrected chi connectivity index (χ2v) is 9.79. The predicted octanol–water partition coefficient (Wildman–Crippen LogP) is 4.54. The predicted molar refractivity (Wildman–Crippen MR) is 133 cm³/mol. The Morgan fingerprint density at radius 2 is 2.00 bits per heavy atom. The van der Waals surface area contributed by atoms with Crippen LogP contribution in [0.25, 0.3) is 10.9 Å². The number of halogens is 1. The van der Waals surface area contributed by atoms with Crippen LogP contribution in [0.1, 0.15) is 31.4 Å². The number of carbonyl (C=O) groups excluding carboxylic acids is 1. The number of thioether (sulfide) groups is 1. The van der Waals surface area contributed by atoms with Crippen molar-refractivity contribution in [2.45, 2.75) is 51.0 Å². The summed E-state index contributed by atoms with van der Waals surface area (Å²) < 4.78 is 7.29. The summed E-state index contributed by atoms with van der Waals surface area (Å²) in [6, 6.07) is 13.3. The van der Waals surface area contributed by atoms with Gasteiger partial charge >= 0.3 is 0 Å². The molecule has 1 aliphatic rings. The molecule has 0 fully saturated rings. The number of ether oxygens (including phenoxy) is 1. The van der Waals surface area contributed by atoms with Crippen LogP contribution in [0, 0.1) is 0 Å². The van der Waals surface area contributed by atoms with E-state index in [-0.39, 0.29) is 23.3 Å². The number of aromatic nitrogens is 2. The van der Waals surface area contributed by atoms with Crippen LogP contribution < -0.4 is 5.56 Å². The van der Waals surface area contributed by atoms with E-state index in [1.165, 1.54) is 22.9 Å². The molecule has 1 amide bonds. The molecule has 1 aliphatic heterocycles. The van der Waals surface area contributed by atoms with E-state index in [2.05, 4.69) is 12.1 Å². The lowest BCUT2D eigenvalue weighted by Crippen LogP contribution is -2.37. The number of nitrogens with zero attached hydrogens (tertiary/aromatic N) is 3. The van der Waals surface area contributed by atoms with E-state index in [0.29, 0.717) is 53.7 Å². The van der Waals surface area contributed by atoms with E-state index in [1.54, 1.807) is 22.8 Å². The van der Waals surface area contributed by atoms with Crippen LogP contribution in [0.3, 0.4) is 0 Å². The van der Waals surface area contributed by atoms with Crippen LogP contribution in [0.5, 0.6) is 0 Å². The Balaban J connectivity index is 1.52. The lowest BCUT2D eigenvalue weighted by molar-refractivity contribution is -0.129. The molecule has 3 aromatic rings. The number of carbonyl (C=O) groups is 1. The summed E-state index contributed by atoms with van der Waals surface area (Å²) in [4.78, 5) is 32.8. The molecule has 0 unspecified atom stereocenters. The van der Waals surface area contributed by atoms with Crippen molar-refractivity contribution in [2.75, 3.05) is 18.9 Å². The molecular formula is C25H28ClN3O3S. The van der Waals surface area contributed by atoms with Gasteiger partial charge in [0.15, 0.2) is 5.16 Å². The van der Waals surface area contributed by atoms with Crippen molar-refractivity contribution in [2.24, 2.45) is 0 Å². The van der Waals surface area contributed by atoms with E-state index < -0.39 is 0 Å². The van der Waals surface area contributed by atoms with Crippen molar-refractivity contribution in [1.82, 2.24) is 14.5 Å². The van der Waals surface area contributed by atoms with Crippen LogP contribution in [-0.2, 0) is 29.0 Å². The Bertz CT molecular complexity index is 1210. The summed E-state index contributed by atoms with van der Waals surface area (Å²) in [5.41, 5.74) is 2.93. The van der Waals surface area contributed by atoms with E-state index in [9.17, 15) is 9.59 Å². The molecule has 1 aromatic heterocycles. The summed E-state index contributed by atoms with van der Waals surface area (Å²) in [5.74, 6) is 0.271. The molecule has 0 radical (unpaired) electrons. The Hall–Kier alpha value is -2.35. The van der Waals surface area contributed by atoms with Crippen molar-refractivity contribution < 1.29 is 9.53 Å². The minimum Gasteiger partial charge on any atom is -0.379 e. The molecule has 33 heavy (non-hydrogen) atoms. The Kier molecular flexibility index (Phi) is 7.73. The fourth-order valence-corrected chi connectivity index (χ4v) is 5.04. The lowest BCUT2D eigenvalue weighted by Gasteiger charge is -2.28. The average molecular weight is 486 g/mol. The van der Waals surface area contributed by atoms with Crippen LogP contribution in [0.15, 0.2) is 52.4 Å². The third kappa shape index (κ3) is 5.78. The number of benzene rings is 2. The topological polar surface area (TPSA) is 64.4 Å². The van der Waals surface area contributed by atoms with Crippen LogP contribution >= 0.6 is 23.4 Å². The van der Waals surface area contributed by atoms with Gasteiger partial charge in [-0.15, -0.1) is 0 Å². The summed E-state index contributed by atoms with van der Waals surface area (Å²) in [6.45, 7) is 6.33. The Morgan fingerprint density at radius 1 is 1.21 bits per heavy atom. The van der Waals surface area contributed by atoms with Crippen molar-refractivity contribution in [1.29, 1.82) is 0 Å². The zero-order valence-corrected chi connectivity index (χ0v) is 20.5. The molecule has 0 saturated heterocycles. The first kappa shape index (κ1) is 23.8. The summed E-state index contributed by atoms with van der Waals surface area (Å²) in [5, 5.41) is 1.58. The molecule has 2 aromatic carbocycles. The molecule has 2 heterocycles. The molecule has 0 bridgehead atoms. The number of hydrogen-bond donors (Lipinski definition) is 0. The standard InChI is InChI=1S/C25H28ClN3O3S/c1-17(2)32-13-5-11-29-24(31)21-9-8-20(26)14-22(21)27-25(29)33-16-23(30)28-12-10-18-6-3-4-7-19(18)15-28/h3-4,6-9,14,17H,5,10-13,15-16H2,1-2H3. The summed E-state index contributed by atoms with van der Waals surface area (Å²) in [7, 11) is 0. The van der Waals surface area contributed by atoms with E-state index in [0.717, 1.165) is 6.42 Å². The SMILES string of the molecule is CC(C)OCCCn1c(SCC(=O)N2CCc3ccccc3C2)nc2cc(Cl)ccc2c1=O. The molecule has 174 valence electrons. The lowest BCUT2D eigenvalue weighted by atomic mass is 10.00. The van der Waals surface area contributed by atoms with Gasteiger partial charge in [0.2, 0.25) is 5.91 Å². The first-order valence-corrected chi connectivity index (χ1v) is 12.6. The zero-order valence-electron chi connectivity index (χ0n) is 18.9. The van der Waals surface area contributed by atoms with E-state index in [1.807, 2.05) is 30.9 Å². The maximum Gasteiger partial charge on any atom is 0.262 e. The van der Waals surface area contributed by atoms with Crippen molar-refractivity contribution in [3.63, 3.8) is 0 Å². The van der Waals surface area contributed by atoms with Gasteiger partial charge in [-0.05, 0) is 56.0 Å². The molecule has 0 saturated carbocycles. The van der Waals surface area contributed by atoms with Gasteiger partial charge in [0, 0.05) is 31.3 Å². The van der Waals surface area contributed by atoms with E-state index >= 15 is 0 Å². The number of amides is 1. The molecule has 0 N–H and O–H groups in total. The van der Waals surface area contributed by atoms with Gasteiger partial charge in [-0.25, -0.2) is 4.98 Å². The van der Waals surface area contributed by atoms with Gasteiger partial charge in [-0.1, -0.05) is 47.6 Å². The minimum atomic E-state index is -0.122. The van der Waals surface area contributed by atoms with Gasteiger partial charge < -0.3 is 9.64 Å². The highest BCUT2D eigenvalue weighted by molar-refractivity contribution is 7.99. The smallest absolute Gasteiger partial charge is 0.262 e. The Labute approximate surface area is 202 Å². The van der Waals surface area contributed by atoms with E-state index in [4.69, 9.17) is 21.3 Å². The van der Waals surface area contributed by atoms with Crippen LogP contribution in [-0.4, -0.2) is 45.4 Å². The molecular weight excluding hydrogens is 458 g/mol. The fraction of sp³-hybridized carbons (Fsp3) is 0.400. The number of rotatable bonds is 8. The molecule has 4 rings (SSSR count). The van der Waals surface area contributed by atoms with Gasteiger partial charge in [0.05, 0.1) is 22.8 Å². The van der Waals surface area contributed by atoms with Gasteiger partial charge in [0.1, 0.15) is 0 Å². The monoisotopic (exact) mass is 485 g/mol. The van der Waals surface area contributed by atoms with Crippen molar-refractivity contribution in [3.05, 3.63) is 69.0 Å². The molecule has 6 nitrogen and oxygen atoms in total. The number of fused-ring (bicyclic) bond motifs is 2. The third-order valence-corrected chi connectivity index (χ3v) is 6.86. The molecule has 0 spiro atoms. The third-order valence-electron chi connectivity index (χ3n) is 5.67. The van der Waals surface area contributed by atoms with Crippen molar-refractivity contribution >= 4 is 40.2 Å². The summed E-state index contributed by atoms with van der Waals surface area (Å²) in [6.07, 6.45) is 1.68. The Morgan fingerprint density at radius 3 is 2.79 bits per heavy atom. The molecule has 8 heteroatoms. The first-order valence-electron chi connectivity index (χ1n) is 11.2. The van der Waals surface area contributed by atoms with Crippen LogP contribution in [0.2, 0.25) is 5.02 Å². The zero-order chi connectivity index (χ0) is 23.4. The summed E-state index contributed by atoms with van der Waals surface area (Å²) >= 11 is 7.44. The maximum atomic E-state index is 13.2. The highest BCUT2D eigenvalue weighted by atomic mass is 35.5. The second-order valence-electron chi connectivity index (χ2n) is 8.41. The van der Waals surface area contributed by atoms with Gasteiger partial charge in [-0.2, -0.15) is 0 Å². The van der Waals surface area contributed by atoms with Crippen molar-refractivity contribution in [3.8, 4) is 0 Å². The minimum absolute atomic E-state index is 0.0460. The fourth-order valence-electron chi connectivity index (χ4n) is 3.95. The van der Waals surface area contributed by atoms with Crippen LogP contribution in [0.4, 0.5) is 0 Å². The highest BCUT2D eigenvalue weighted by Gasteiger charge is 2.21. The molecule has 0 atom stereocenters. The second kappa shape index (κ2) is 10.7. The normalized spacial score (nSPS) is 13.5. The number of hydrogen-bond acceptors (Lipinski definition) is 5. The first-order chi connectivity index (χ1) is 15.9. The highest BCUT2D eigenvalue weighted by Crippen LogP contribution is 2.23.